The van der Waals surface area contributed by atoms with Crippen molar-refractivity contribution in [1.82, 2.24) is 0 Å². The summed E-state index contributed by atoms with van der Waals surface area (Å²) in [4.78, 5) is 21.8. The molecule has 0 unspecified atom stereocenters. The lowest BCUT2D eigenvalue weighted by Crippen LogP contribution is -2.11. The van der Waals surface area contributed by atoms with Crippen LogP contribution in [0.25, 0.3) is 0 Å². The quantitative estimate of drug-likeness (QED) is 0.355. The van der Waals surface area contributed by atoms with E-state index >= 15 is 0 Å². The zero-order valence-electron chi connectivity index (χ0n) is 10.0. The van der Waals surface area contributed by atoms with Gasteiger partial charge in [-0.2, -0.15) is 0 Å². The van der Waals surface area contributed by atoms with Crippen molar-refractivity contribution in [3.8, 4) is 0 Å². The maximum Gasteiger partial charge on any atom is 0.330 e. The highest BCUT2D eigenvalue weighted by molar-refractivity contribution is 5.81. The lowest BCUT2D eigenvalue weighted by atomic mass is 10.2. The van der Waals surface area contributed by atoms with Gasteiger partial charge >= 0.3 is 11.9 Å². The molecule has 0 aromatic rings. The Balaban J connectivity index is 3.29. The van der Waals surface area contributed by atoms with E-state index in [2.05, 4.69) is 11.3 Å². The largest absolute Gasteiger partial charge is 0.466 e. The topological polar surface area (TPSA) is 72.8 Å². The first-order chi connectivity index (χ1) is 8.20. The number of hydrogen-bond donors (Lipinski definition) is 1. The molecule has 0 fully saturated rings. The molecule has 0 saturated heterocycles. The van der Waals surface area contributed by atoms with Gasteiger partial charge < -0.3 is 14.6 Å². The van der Waals surface area contributed by atoms with Gasteiger partial charge in [-0.1, -0.05) is 13.0 Å². The summed E-state index contributed by atoms with van der Waals surface area (Å²) >= 11 is 0. The van der Waals surface area contributed by atoms with Crippen LogP contribution >= 0.6 is 0 Å². The standard InChI is InChI=1S/C12H20O5/c1-2-11(14)17-10-7-12(15)16-9-6-4-3-5-8-13/h2,13H,1,3-10H2. The molecule has 0 spiro atoms. The van der Waals surface area contributed by atoms with E-state index in [1.165, 1.54) is 0 Å². The van der Waals surface area contributed by atoms with Crippen LogP contribution in [-0.2, 0) is 19.1 Å². The van der Waals surface area contributed by atoms with Crippen molar-refractivity contribution < 1.29 is 24.2 Å². The third kappa shape index (κ3) is 10.9. The molecule has 0 aromatic heterocycles. The van der Waals surface area contributed by atoms with Crippen LogP contribution in [-0.4, -0.2) is 36.9 Å². The Labute approximate surface area is 101 Å². The molecule has 5 heteroatoms. The van der Waals surface area contributed by atoms with Gasteiger partial charge in [0.05, 0.1) is 13.0 Å². The van der Waals surface area contributed by atoms with Crippen LogP contribution in [0.1, 0.15) is 32.1 Å². The van der Waals surface area contributed by atoms with E-state index in [9.17, 15) is 9.59 Å². The summed E-state index contributed by atoms with van der Waals surface area (Å²) in [6.07, 6.45) is 4.55. The van der Waals surface area contributed by atoms with Crippen molar-refractivity contribution in [3.63, 3.8) is 0 Å². The summed E-state index contributed by atoms with van der Waals surface area (Å²) < 4.78 is 9.55. The SMILES string of the molecule is C=CC(=O)OCCC(=O)OCCCCCCO. The number of ether oxygens (including phenoxy) is 2. The van der Waals surface area contributed by atoms with Gasteiger partial charge in [0.25, 0.3) is 0 Å². The summed E-state index contributed by atoms with van der Waals surface area (Å²) in [7, 11) is 0. The van der Waals surface area contributed by atoms with Crippen LogP contribution < -0.4 is 0 Å². The summed E-state index contributed by atoms with van der Waals surface area (Å²) in [6, 6.07) is 0. The van der Waals surface area contributed by atoms with Crippen LogP contribution in [0.2, 0.25) is 0 Å². The molecule has 0 bridgehead atoms. The van der Waals surface area contributed by atoms with Crippen molar-refractivity contribution in [2.75, 3.05) is 19.8 Å². The van der Waals surface area contributed by atoms with Crippen molar-refractivity contribution in [2.24, 2.45) is 0 Å². The second-order valence-electron chi connectivity index (χ2n) is 3.48. The van der Waals surface area contributed by atoms with Gasteiger partial charge in [-0.15, -0.1) is 0 Å². The van der Waals surface area contributed by atoms with Crippen LogP contribution in [0.4, 0.5) is 0 Å². The van der Waals surface area contributed by atoms with Gasteiger partial charge in [-0.25, -0.2) is 4.79 Å². The average Bonchev–Trinajstić information content (AvgIpc) is 2.33. The Bertz CT molecular complexity index is 237. The van der Waals surface area contributed by atoms with Gasteiger partial charge in [0.1, 0.15) is 6.61 Å². The first kappa shape index (κ1) is 15.6. The predicted molar refractivity (Wildman–Crippen MR) is 62.3 cm³/mol. The molecule has 0 radical (unpaired) electrons. The zero-order valence-corrected chi connectivity index (χ0v) is 10.0. The normalized spacial score (nSPS) is 9.71. The molecule has 1 N–H and O–H groups in total. The first-order valence-corrected chi connectivity index (χ1v) is 5.76. The zero-order chi connectivity index (χ0) is 12.9. The Morgan fingerprint density at radius 2 is 1.76 bits per heavy atom. The first-order valence-electron chi connectivity index (χ1n) is 5.76. The van der Waals surface area contributed by atoms with Crippen LogP contribution in [0.5, 0.6) is 0 Å². The molecule has 0 aromatic carbocycles. The molecule has 0 rings (SSSR count). The van der Waals surface area contributed by atoms with Gasteiger partial charge in [0.2, 0.25) is 0 Å². The van der Waals surface area contributed by atoms with Gasteiger partial charge in [0.15, 0.2) is 0 Å². The number of aliphatic hydroxyl groups excluding tert-OH is 1. The Kier molecular flexibility index (Phi) is 10.2. The fourth-order valence-electron chi connectivity index (χ4n) is 1.12. The maximum absolute atomic E-state index is 11.1. The van der Waals surface area contributed by atoms with E-state index < -0.39 is 5.97 Å². The second kappa shape index (κ2) is 11.1. The summed E-state index contributed by atoms with van der Waals surface area (Å²) in [5, 5.41) is 8.54. The van der Waals surface area contributed by atoms with Gasteiger partial charge in [-0.05, 0) is 19.3 Å². The molecular weight excluding hydrogens is 224 g/mol. The highest BCUT2D eigenvalue weighted by Gasteiger charge is 2.04. The number of hydrogen-bond acceptors (Lipinski definition) is 5. The van der Waals surface area contributed by atoms with Crippen LogP contribution in [0.3, 0.4) is 0 Å². The lowest BCUT2D eigenvalue weighted by Gasteiger charge is -2.04. The van der Waals surface area contributed by atoms with Crippen LogP contribution in [0, 0.1) is 0 Å². The number of carbonyl (C=O) groups is 2. The molecule has 98 valence electrons. The minimum Gasteiger partial charge on any atom is -0.466 e. The van der Waals surface area contributed by atoms with E-state index in [1.54, 1.807) is 0 Å². The third-order valence-electron chi connectivity index (χ3n) is 2.03. The Morgan fingerprint density at radius 1 is 1.06 bits per heavy atom. The number of unbranched alkanes of at least 4 members (excludes halogenated alkanes) is 3. The summed E-state index contributed by atoms with van der Waals surface area (Å²) in [5.74, 6) is -0.911. The average molecular weight is 244 g/mol. The number of esters is 2. The monoisotopic (exact) mass is 244 g/mol. The van der Waals surface area contributed by atoms with Gasteiger partial charge in [0, 0.05) is 12.7 Å². The van der Waals surface area contributed by atoms with E-state index in [0.29, 0.717) is 6.61 Å². The van der Waals surface area contributed by atoms with Crippen molar-refractivity contribution in [2.45, 2.75) is 32.1 Å². The Hall–Kier alpha value is -1.36. The van der Waals surface area contributed by atoms with Crippen molar-refractivity contribution in [1.29, 1.82) is 0 Å². The third-order valence-corrected chi connectivity index (χ3v) is 2.03. The molecule has 17 heavy (non-hydrogen) atoms. The fraction of sp³-hybridized carbons (Fsp3) is 0.667. The molecular formula is C12H20O5. The molecule has 0 saturated carbocycles. The van der Waals surface area contributed by atoms with Crippen molar-refractivity contribution in [3.05, 3.63) is 12.7 Å². The second-order valence-corrected chi connectivity index (χ2v) is 3.48. The molecule has 5 nitrogen and oxygen atoms in total. The molecule has 0 heterocycles. The van der Waals surface area contributed by atoms with Crippen LogP contribution in [0.15, 0.2) is 12.7 Å². The minimum absolute atomic E-state index is 0.0220. The minimum atomic E-state index is -0.540. The maximum atomic E-state index is 11.1. The van der Waals surface area contributed by atoms with E-state index in [4.69, 9.17) is 9.84 Å². The van der Waals surface area contributed by atoms with E-state index in [1.807, 2.05) is 0 Å². The number of carbonyl (C=O) groups excluding carboxylic acids is 2. The molecule has 0 amide bonds. The smallest absolute Gasteiger partial charge is 0.330 e. The lowest BCUT2D eigenvalue weighted by molar-refractivity contribution is -0.147. The number of rotatable bonds is 10. The predicted octanol–water partition coefficient (Wildman–Crippen LogP) is 1.20. The molecule has 0 aliphatic heterocycles. The summed E-state index contributed by atoms with van der Waals surface area (Å²) in [6.45, 7) is 3.83. The Morgan fingerprint density at radius 3 is 2.41 bits per heavy atom. The summed E-state index contributed by atoms with van der Waals surface area (Å²) in [5.41, 5.74) is 0. The van der Waals surface area contributed by atoms with E-state index in [0.717, 1.165) is 31.8 Å². The molecule has 0 aliphatic carbocycles. The molecule has 0 aliphatic rings. The fourth-order valence-corrected chi connectivity index (χ4v) is 1.12. The van der Waals surface area contributed by atoms with Gasteiger partial charge in [-0.3, -0.25) is 4.79 Å². The molecule has 0 atom stereocenters. The highest BCUT2D eigenvalue weighted by Crippen LogP contribution is 2.00. The number of aliphatic hydroxyl groups is 1. The van der Waals surface area contributed by atoms with Crippen molar-refractivity contribution >= 4 is 11.9 Å². The highest BCUT2D eigenvalue weighted by atomic mass is 16.5. The van der Waals surface area contributed by atoms with E-state index in [-0.39, 0.29) is 25.6 Å².